The largest absolute Gasteiger partial charge is 0.497 e. The van der Waals surface area contributed by atoms with Gasteiger partial charge in [0.15, 0.2) is 5.76 Å². The van der Waals surface area contributed by atoms with Crippen LogP contribution in [0.1, 0.15) is 46.9 Å². The van der Waals surface area contributed by atoms with E-state index in [1.165, 1.54) is 5.56 Å². The molecule has 0 fully saturated rings. The molecule has 2 amide bonds. The number of fused-ring (bicyclic) bond motifs is 2. The van der Waals surface area contributed by atoms with Crippen molar-refractivity contribution in [1.82, 2.24) is 9.47 Å². The van der Waals surface area contributed by atoms with E-state index in [1.807, 2.05) is 49.4 Å². The monoisotopic (exact) mass is 566 g/mol. The van der Waals surface area contributed by atoms with Crippen LogP contribution in [0.2, 0.25) is 0 Å². The van der Waals surface area contributed by atoms with E-state index in [0.717, 1.165) is 60.3 Å². The Kier molecular flexibility index (Phi) is 8.64. The Morgan fingerprint density at radius 1 is 1.00 bits per heavy atom. The summed E-state index contributed by atoms with van der Waals surface area (Å²) in [7, 11) is 5.81. The maximum Gasteiger partial charge on any atom is 0.323 e. The molecule has 0 atom stereocenters. The first-order chi connectivity index (χ1) is 20.3. The van der Waals surface area contributed by atoms with Crippen molar-refractivity contribution >= 4 is 40.2 Å². The van der Waals surface area contributed by atoms with Crippen molar-refractivity contribution in [2.45, 2.75) is 39.7 Å². The van der Waals surface area contributed by atoms with Gasteiger partial charge in [-0.1, -0.05) is 12.1 Å². The third-order valence-electron chi connectivity index (χ3n) is 7.63. The van der Waals surface area contributed by atoms with E-state index in [2.05, 4.69) is 41.1 Å². The van der Waals surface area contributed by atoms with Crippen LogP contribution in [0.5, 0.6) is 11.5 Å². The van der Waals surface area contributed by atoms with Gasteiger partial charge >= 0.3 is 6.03 Å². The second-order valence-corrected chi connectivity index (χ2v) is 10.8. The number of urea groups is 1. The normalized spacial score (nSPS) is 13.5. The number of hydrogen-bond acceptors (Lipinski definition) is 5. The Hall–Kier alpha value is -4.56. The molecular weight excluding hydrogens is 528 g/mol. The fourth-order valence-corrected chi connectivity index (χ4v) is 5.41. The zero-order chi connectivity index (χ0) is 29.8. The molecular formula is C34H38N4O4. The number of benzene rings is 3. The number of methoxy groups -OCH3 is 1. The second kappa shape index (κ2) is 12.5. The Bertz CT molecular complexity index is 1650. The second-order valence-electron chi connectivity index (χ2n) is 10.8. The number of rotatable bonds is 10. The molecule has 0 spiro atoms. The molecule has 42 heavy (non-hydrogen) atoms. The number of nitrogens with zero attached hydrogens (tertiary/aromatic N) is 2. The minimum Gasteiger partial charge on any atom is -0.497 e. The Morgan fingerprint density at radius 3 is 2.45 bits per heavy atom. The van der Waals surface area contributed by atoms with Crippen LogP contribution >= 0.6 is 0 Å². The number of Topliss-reactive ketones (excluding diaryl/α,β-unsaturated/α-hetero) is 1. The summed E-state index contributed by atoms with van der Waals surface area (Å²) in [4.78, 5) is 28.3. The van der Waals surface area contributed by atoms with Gasteiger partial charge in [-0.15, -0.1) is 0 Å². The van der Waals surface area contributed by atoms with Crippen LogP contribution in [0.4, 0.5) is 16.2 Å². The fraction of sp³-hybridized carbons (Fsp3) is 0.294. The third-order valence-corrected chi connectivity index (χ3v) is 7.63. The average Bonchev–Trinajstić information content (AvgIpc) is 3.43. The molecule has 3 aromatic carbocycles. The number of ketones is 1. The number of nitrogens with one attached hydrogen (secondary N) is 2. The van der Waals surface area contributed by atoms with Crippen LogP contribution in [-0.4, -0.2) is 49.0 Å². The predicted octanol–water partition coefficient (Wildman–Crippen LogP) is 7.12. The topological polar surface area (TPSA) is 84.8 Å². The van der Waals surface area contributed by atoms with E-state index in [0.29, 0.717) is 22.7 Å². The molecule has 4 aromatic rings. The number of carbonyl (C=O) groups is 2. The van der Waals surface area contributed by atoms with Crippen molar-refractivity contribution in [3.05, 3.63) is 88.8 Å². The van der Waals surface area contributed by atoms with Crippen LogP contribution < -0.4 is 20.1 Å². The summed E-state index contributed by atoms with van der Waals surface area (Å²) < 4.78 is 13.6. The highest BCUT2D eigenvalue weighted by Gasteiger charge is 2.29. The molecule has 0 saturated heterocycles. The quantitative estimate of drug-likeness (QED) is 0.158. The Morgan fingerprint density at radius 2 is 1.74 bits per heavy atom. The maximum absolute atomic E-state index is 13.4. The number of aromatic nitrogens is 1. The lowest BCUT2D eigenvalue weighted by molar-refractivity contribution is 0.101. The number of hydrogen-bond donors (Lipinski definition) is 2. The van der Waals surface area contributed by atoms with Gasteiger partial charge in [-0.2, -0.15) is 0 Å². The van der Waals surface area contributed by atoms with E-state index >= 15 is 0 Å². The van der Waals surface area contributed by atoms with Gasteiger partial charge in [-0.3, -0.25) is 4.79 Å². The van der Waals surface area contributed by atoms with Crippen LogP contribution in [0.25, 0.3) is 17.0 Å². The number of aryl methyl sites for hydroxylation is 2. The Balaban J connectivity index is 1.26. The first-order valence-electron chi connectivity index (χ1n) is 14.3. The zero-order valence-electron chi connectivity index (χ0n) is 24.9. The van der Waals surface area contributed by atoms with Crippen LogP contribution in [0, 0.1) is 6.92 Å². The highest BCUT2D eigenvalue weighted by atomic mass is 16.5. The van der Waals surface area contributed by atoms with E-state index in [9.17, 15) is 9.59 Å². The molecule has 8 nitrogen and oxygen atoms in total. The Labute approximate surface area is 246 Å². The van der Waals surface area contributed by atoms with Crippen LogP contribution in [0.3, 0.4) is 0 Å². The summed E-state index contributed by atoms with van der Waals surface area (Å²) in [6.45, 7) is 6.01. The number of amides is 2. The molecule has 5 rings (SSSR count). The molecule has 8 heteroatoms. The molecule has 0 saturated carbocycles. The summed E-state index contributed by atoms with van der Waals surface area (Å²) in [5.74, 6) is 1.23. The standard InChI is InChI=1S/C34H38N4O4/c1-6-38-22(2)27(28-20-26(41-5)15-16-30(28)38)21-32-33(39)29-19-25(14-17-31(29)42-32)36-34(40)35-24-12-10-23(11-13-24)9-7-8-18-37(3)4/h10-17,19-21H,6-9,18H2,1-5H3,(H2,35,36,40)/b32-21-. The van der Waals surface area contributed by atoms with E-state index in [1.54, 1.807) is 31.4 Å². The van der Waals surface area contributed by atoms with Gasteiger partial charge in [-0.25, -0.2) is 4.79 Å². The highest BCUT2D eigenvalue weighted by Crippen LogP contribution is 2.36. The number of unbranched alkanes of at least 4 members (excludes halogenated alkanes) is 1. The highest BCUT2D eigenvalue weighted by molar-refractivity contribution is 6.16. The van der Waals surface area contributed by atoms with Gasteiger partial charge in [0.05, 0.1) is 12.7 Å². The van der Waals surface area contributed by atoms with Crippen molar-refractivity contribution in [2.24, 2.45) is 0 Å². The molecule has 2 heterocycles. The van der Waals surface area contributed by atoms with E-state index < -0.39 is 0 Å². The molecule has 218 valence electrons. The van der Waals surface area contributed by atoms with Gasteiger partial charge in [-0.05, 0) is 114 Å². The first kappa shape index (κ1) is 29.0. The first-order valence-corrected chi connectivity index (χ1v) is 14.3. The van der Waals surface area contributed by atoms with Gasteiger partial charge in [0.2, 0.25) is 5.78 Å². The van der Waals surface area contributed by atoms with Crippen molar-refractivity contribution < 1.29 is 19.1 Å². The molecule has 2 N–H and O–H groups in total. The smallest absolute Gasteiger partial charge is 0.323 e. The van der Waals surface area contributed by atoms with E-state index in [4.69, 9.17) is 9.47 Å². The lowest BCUT2D eigenvalue weighted by Crippen LogP contribution is -2.19. The van der Waals surface area contributed by atoms with Crippen LogP contribution in [-0.2, 0) is 13.0 Å². The van der Waals surface area contributed by atoms with Crippen molar-refractivity contribution in [3.8, 4) is 11.5 Å². The summed E-state index contributed by atoms with van der Waals surface area (Å²) >= 11 is 0. The van der Waals surface area contributed by atoms with Crippen molar-refractivity contribution in [2.75, 3.05) is 38.4 Å². The number of allylic oxidation sites excluding steroid dienone is 1. The SMILES string of the molecule is CCn1c(C)c(/C=C2\Oc3ccc(NC(=O)Nc4ccc(CCCCN(C)C)cc4)cc3C2=O)c2cc(OC)ccc21. The predicted molar refractivity (Wildman–Crippen MR) is 169 cm³/mol. The summed E-state index contributed by atoms with van der Waals surface area (Å²) in [6.07, 6.45) is 5.09. The van der Waals surface area contributed by atoms with Gasteiger partial charge < -0.3 is 29.6 Å². The van der Waals surface area contributed by atoms with Gasteiger partial charge in [0.25, 0.3) is 0 Å². The molecule has 1 aliphatic heterocycles. The molecule has 0 radical (unpaired) electrons. The number of ether oxygens (including phenoxy) is 2. The molecule has 1 aromatic heterocycles. The van der Waals surface area contributed by atoms with E-state index in [-0.39, 0.29) is 17.6 Å². The maximum atomic E-state index is 13.4. The molecule has 1 aliphatic rings. The lowest BCUT2D eigenvalue weighted by Gasteiger charge is -2.10. The minimum absolute atomic E-state index is 0.227. The minimum atomic E-state index is -0.382. The number of carbonyl (C=O) groups excluding carboxylic acids is 2. The van der Waals surface area contributed by atoms with Crippen LogP contribution in [0.15, 0.2) is 66.4 Å². The van der Waals surface area contributed by atoms with Crippen molar-refractivity contribution in [3.63, 3.8) is 0 Å². The lowest BCUT2D eigenvalue weighted by atomic mass is 10.1. The van der Waals surface area contributed by atoms with Gasteiger partial charge in [0.1, 0.15) is 11.5 Å². The third kappa shape index (κ3) is 6.19. The number of anilines is 2. The summed E-state index contributed by atoms with van der Waals surface area (Å²) in [6, 6.07) is 18.6. The molecule has 0 unspecified atom stereocenters. The average molecular weight is 567 g/mol. The molecule has 0 aliphatic carbocycles. The zero-order valence-corrected chi connectivity index (χ0v) is 24.9. The fourth-order valence-electron chi connectivity index (χ4n) is 5.41. The molecule has 0 bridgehead atoms. The summed E-state index contributed by atoms with van der Waals surface area (Å²) in [5.41, 5.74) is 5.88. The van der Waals surface area contributed by atoms with Crippen molar-refractivity contribution in [1.29, 1.82) is 0 Å². The summed E-state index contributed by atoms with van der Waals surface area (Å²) in [5, 5.41) is 6.68. The van der Waals surface area contributed by atoms with Gasteiger partial charge in [0, 0.05) is 40.1 Å².